The number of carbonyl (C=O) groups excluding carboxylic acids is 1. The maximum absolute atomic E-state index is 10.6. The van der Waals surface area contributed by atoms with Gasteiger partial charge in [-0.1, -0.05) is 42.0 Å². The van der Waals surface area contributed by atoms with Crippen LogP contribution in [0.2, 0.25) is 0 Å². The molecule has 0 aliphatic rings. The first-order valence-electron chi connectivity index (χ1n) is 4.09. The van der Waals surface area contributed by atoms with Gasteiger partial charge in [-0.3, -0.25) is 4.79 Å². The van der Waals surface area contributed by atoms with E-state index in [0.717, 1.165) is 11.1 Å². The lowest BCUT2D eigenvalue weighted by molar-refractivity contribution is -0.111. The summed E-state index contributed by atoms with van der Waals surface area (Å²) in [5.41, 5.74) is 2.07. The van der Waals surface area contributed by atoms with Crippen molar-refractivity contribution in [2.45, 2.75) is 13.3 Å². The maximum atomic E-state index is 10.6. The minimum absolute atomic E-state index is 0.315. The molecule has 0 aromatic heterocycles. The van der Waals surface area contributed by atoms with Gasteiger partial charge in [-0.2, -0.15) is 0 Å². The van der Waals surface area contributed by atoms with Gasteiger partial charge in [0.1, 0.15) is 0 Å². The van der Waals surface area contributed by atoms with Crippen LogP contribution in [0.1, 0.15) is 18.9 Å². The molecule has 0 heterocycles. The van der Waals surface area contributed by atoms with E-state index in [1.165, 1.54) is 0 Å². The van der Waals surface area contributed by atoms with Crippen LogP contribution in [-0.4, -0.2) is 5.24 Å². The minimum Gasteiger partial charge on any atom is -0.281 e. The molecule has 0 saturated heterocycles. The van der Waals surface area contributed by atoms with Crippen molar-refractivity contribution in [1.29, 1.82) is 0 Å². The third kappa shape index (κ3) is 3.90. The highest BCUT2D eigenvalue weighted by Gasteiger charge is 1.97. The minimum atomic E-state index is -0.315. The van der Waals surface area contributed by atoms with Gasteiger partial charge in [0.15, 0.2) is 0 Å². The summed E-state index contributed by atoms with van der Waals surface area (Å²) >= 11 is 5.26. The Bertz CT molecular complexity index is 314. The summed E-state index contributed by atoms with van der Waals surface area (Å²) in [6, 6.07) is 9.85. The number of rotatable bonds is 3. The Labute approximate surface area is 83.0 Å². The largest absolute Gasteiger partial charge is 0.281 e. The number of hydrogen-bond donors (Lipinski definition) is 0. The molecule has 0 unspecified atom stereocenters. The van der Waals surface area contributed by atoms with Gasteiger partial charge in [0.2, 0.25) is 5.24 Å². The standard InChI is InChI=1S/C11H11ClO/c1-9(8-11(12)13)7-10-5-3-2-4-6-10/h2-7H,8H2,1H3. The molecule has 0 atom stereocenters. The first-order chi connectivity index (χ1) is 6.18. The molecule has 0 aliphatic heterocycles. The van der Waals surface area contributed by atoms with E-state index in [1.807, 2.05) is 43.3 Å². The number of carbonyl (C=O) groups is 1. The van der Waals surface area contributed by atoms with E-state index in [4.69, 9.17) is 11.6 Å². The van der Waals surface area contributed by atoms with Gasteiger partial charge < -0.3 is 0 Å². The summed E-state index contributed by atoms with van der Waals surface area (Å²) < 4.78 is 0. The molecular formula is C11H11ClO. The summed E-state index contributed by atoms with van der Waals surface area (Å²) in [7, 11) is 0. The van der Waals surface area contributed by atoms with E-state index in [9.17, 15) is 4.79 Å². The summed E-state index contributed by atoms with van der Waals surface area (Å²) in [4.78, 5) is 10.6. The third-order valence-electron chi connectivity index (χ3n) is 1.63. The lowest BCUT2D eigenvalue weighted by Crippen LogP contribution is -1.86. The van der Waals surface area contributed by atoms with Gasteiger partial charge in [-0.25, -0.2) is 0 Å². The molecule has 0 radical (unpaired) electrons. The second-order valence-electron chi connectivity index (χ2n) is 2.93. The van der Waals surface area contributed by atoms with E-state index in [2.05, 4.69) is 0 Å². The lowest BCUT2D eigenvalue weighted by Gasteiger charge is -1.96. The van der Waals surface area contributed by atoms with Gasteiger partial charge in [-0.05, 0) is 24.1 Å². The van der Waals surface area contributed by atoms with Crippen molar-refractivity contribution in [2.24, 2.45) is 0 Å². The average Bonchev–Trinajstić information content (AvgIpc) is 2.04. The first kappa shape index (κ1) is 10.0. The van der Waals surface area contributed by atoms with Crippen LogP contribution < -0.4 is 0 Å². The second-order valence-corrected chi connectivity index (χ2v) is 3.35. The van der Waals surface area contributed by atoms with Gasteiger partial charge >= 0.3 is 0 Å². The van der Waals surface area contributed by atoms with Gasteiger partial charge in [0, 0.05) is 6.42 Å². The molecule has 1 aromatic carbocycles. The lowest BCUT2D eigenvalue weighted by atomic mass is 10.1. The number of benzene rings is 1. The zero-order valence-electron chi connectivity index (χ0n) is 7.46. The van der Waals surface area contributed by atoms with Crippen molar-refractivity contribution in [3.05, 3.63) is 41.5 Å². The zero-order chi connectivity index (χ0) is 9.68. The number of halogens is 1. The van der Waals surface area contributed by atoms with Crippen LogP contribution >= 0.6 is 11.6 Å². The maximum Gasteiger partial charge on any atom is 0.225 e. The molecule has 68 valence electrons. The SMILES string of the molecule is CC(=Cc1ccccc1)CC(=O)Cl. The summed E-state index contributed by atoms with van der Waals surface area (Å²) in [6.45, 7) is 1.90. The predicted molar refractivity (Wildman–Crippen MR) is 55.6 cm³/mol. The van der Waals surface area contributed by atoms with Crippen LogP contribution in [0.4, 0.5) is 0 Å². The molecule has 0 amide bonds. The smallest absolute Gasteiger partial charge is 0.225 e. The fourth-order valence-corrected chi connectivity index (χ4v) is 1.31. The molecule has 0 N–H and O–H groups in total. The Kier molecular flexibility index (Phi) is 3.71. The summed E-state index contributed by atoms with van der Waals surface area (Å²) in [5.74, 6) is 0. The van der Waals surface area contributed by atoms with Crippen LogP contribution in [0.15, 0.2) is 35.9 Å². The Morgan fingerprint density at radius 3 is 2.54 bits per heavy atom. The highest BCUT2D eigenvalue weighted by molar-refractivity contribution is 6.63. The van der Waals surface area contributed by atoms with E-state index in [1.54, 1.807) is 0 Å². The van der Waals surface area contributed by atoms with Crippen LogP contribution in [0.5, 0.6) is 0 Å². The molecule has 13 heavy (non-hydrogen) atoms. The van der Waals surface area contributed by atoms with E-state index in [0.29, 0.717) is 6.42 Å². The summed E-state index contributed by atoms with van der Waals surface area (Å²) in [6.07, 6.45) is 2.27. The van der Waals surface area contributed by atoms with Gasteiger partial charge in [0.25, 0.3) is 0 Å². The first-order valence-corrected chi connectivity index (χ1v) is 4.47. The van der Waals surface area contributed by atoms with Crippen molar-refractivity contribution >= 4 is 22.9 Å². The number of hydrogen-bond acceptors (Lipinski definition) is 1. The van der Waals surface area contributed by atoms with E-state index < -0.39 is 0 Å². The monoisotopic (exact) mass is 194 g/mol. The van der Waals surface area contributed by atoms with Gasteiger partial charge in [-0.15, -0.1) is 0 Å². The molecule has 0 bridgehead atoms. The molecule has 0 aliphatic carbocycles. The van der Waals surface area contributed by atoms with Crippen LogP contribution in [0.25, 0.3) is 6.08 Å². The van der Waals surface area contributed by atoms with Crippen molar-refractivity contribution in [2.75, 3.05) is 0 Å². The van der Waals surface area contributed by atoms with Crippen molar-refractivity contribution in [1.82, 2.24) is 0 Å². The van der Waals surface area contributed by atoms with Crippen molar-refractivity contribution in [3.8, 4) is 0 Å². The quantitative estimate of drug-likeness (QED) is 0.676. The van der Waals surface area contributed by atoms with E-state index in [-0.39, 0.29) is 5.24 Å². The Morgan fingerprint density at radius 1 is 1.38 bits per heavy atom. The summed E-state index contributed by atoms with van der Waals surface area (Å²) in [5, 5.41) is -0.315. The molecule has 2 heteroatoms. The number of allylic oxidation sites excluding steroid dienone is 1. The second kappa shape index (κ2) is 4.83. The molecular weight excluding hydrogens is 184 g/mol. The van der Waals surface area contributed by atoms with Crippen LogP contribution in [-0.2, 0) is 4.79 Å². The Hall–Kier alpha value is -1.08. The fourth-order valence-electron chi connectivity index (χ4n) is 1.10. The van der Waals surface area contributed by atoms with Crippen LogP contribution in [0.3, 0.4) is 0 Å². The van der Waals surface area contributed by atoms with Crippen molar-refractivity contribution in [3.63, 3.8) is 0 Å². The Morgan fingerprint density at radius 2 is 2.00 bits per heavy atom. The third-order valence-corrected chi connectivity index (χ3v) is 1.76. The molecule has 1 rings (SSSR count). The molecule has 1 nitrogen and oxygen atoms in total. The normalized spacial score (nSPS) is 11.4. The fraction of sp³-hybridized carbons (Fsp3) is 0.182. The predicted octanol–water partition coefficient (Wildman–Crippen LogP) is 3.25. The topological polar surface area (TPSA) is 17.1 Å². The van der Waals surface area contributed by atoms with Gasteiger partial charge in [0.05, 0.1) is 0 Å². The zero-order valence-corrected chi connectivity index (χ0v) is 8.21. The molecule has 1 aromatic rings. The van der Waals surface area contributed by atoms with Crippen LogP contribution in [0, 0.1) is 0 Å². The average molecular weight is 195 g/mol. The highest BCUT2D eigenvalue weighted by Crippen LogP contribution is 2.10. The molecule has 0 saturated carbocycles. The Balaban J connectivity index is 2.71. The van der Waals surface area contributed by atoms with Crippen molar-refractivity contribution < 1.29 is 4.79 Å². The highest BCUT2D eigenvalue weighted by atomic mass is 35.5. The molecule has 0 fully saturated rings. The van der Waals surface area contributed by atoms with E-state index >= 15 is 0 Å². The molecule has 0 spiro atoms.